The van der Waals surface area contributed by atoms with Gasteiger partial charge in [0.2, 0.25) is 0 Å². The van der Waals surface area contributed by atoms with Crippen LogP contribution < -0.4 is 4.74 Å². The van der Waals surface area contributed by atoms with Crippen LogP contribution in [0.25, 0.3) is 0 Å². The molecule has 0 aliphatic rings. The Morgan fingerprint density at radius 2 is 2.16 bits per heavy atom. The number of Topliss-reactive ketones (excluding diaryl/α,β-unsaturated/α-hetero) is 1. The highest BCUT2D eigenvalue weighted by Crippen LogP contribution is 2.22. The van der Waals surface area contributed by atoms with Crippen LogP contribution >= 0.6 is 11.6 Å². The van der Waals surface area contributed by atoms with Crippen molar-refractivity contribution >= 4 is 17.4 Å². The zero-order valence-corrected chi connectivity index (χ0v) is 10.9. The minimum absolute atomic E-state index is 0.109. The second-order valence-electron chi connectivity index (χ2n) is 3.87. The van der Waals surface area contributed by atoms with Crippen LogP contribution in [0.5, 0.6) is 5.75 Å². The van der Waals surface area contributed by atoms with Crippen LogP contribution in [0, 0.1) is 5.82 Å². The highest BCUT2D eigenvalue weighted by Gasteiger charge is 2.16. The average Bonchev–Trinajstić information content (AvgIpc) is 2.41. The number of hydrogen-bond acceptors (Lipinski definition) is 3. The molecule has 0 N–H and O–H groups in total. The molecular formula is C14H11ClFNO2. The van der Waals surface area contributed by atoms with E-state index in [2.05, 4.69) is 4.98 Å². The minimum Gasteiger partial charge on any atom is -0.494 e. The van der Waals surface area contributed by atoms with Crippen molar-refractivity contribution < 1.29 is 13.9 Å². The summed E-state index contributed by atoms with van der Waals surface area (Å²) in [6, 6.07) is 7.86. The molecule has 0 fully saturated rings. The van der Waals surface area contributed by atoms with Gasteiger partial charge in [-0.25, -0.2) is 4.39 Å². The molecular weight excluding hydrogens is 269 g/mol. The van der Waals surface area contributed by atoms with E-state index in [0.717, 1.165) is 0 Å². The Balaban J connectivity index is 2.27. The SMILES string of the molecule is COc1cccc(CC(=O)c2ncccc2Cl)c1F. The van der Waals surface area contributed by atoms with Crippen LogP contribution in [-0.4, -0.2) is 17.9 Å². The van der Waals surface area contributed by atoms with Gasteiger partial charge in [0.25, 0.3) is 0 Å². The topological polar surface area (TPSA) is 39.2 Å². The number of hydrogen-bond donors (Lipinski definition) is 0. The van der Waals surface area contributed by atoms with Crippen LogP contribution in [-0.2, 0) is 6.42 Å². The quantitative estimate of drug-likeness (QED) is 0.806. The number of methoxy groups -OCH3 is 1. The number of carbonyl (C=O) groups is 1. The van der Waals surface area contributed by atoms with E-state index in [-0.39, 0.29) is 34.2 Å². The summed E-state index contributed by atoms with van der Waals surface area (Å²) in [5.74, 6) is -0.763. The smallest absolute Gasteiger partial charge is 0.187 e. The summed E-state index contributed by atoms with van der Waals surface area (Å²) in [7, 11) is 1.37. The number of aromatic nitrogens is 1. The lowest BCUT2D eigenvalue weighted by Gasteiger charge is -2.07. The fourth-order valence-corrected chi connectivity index (χ4v) is 1.92. The van der Waals surface area contributed by atoms with Crippen LogP contribution in [0.3, 0.4) is 0 Å². The van der Waals surface area contributed by atoms with Crippen molar-refractivity contribution in [2.75, 3.05) is 7.11 Å². The van der Waals surface area contributed by atoms with Crippen molar-refractivity contribution in [3.63, 3.8) is 0 Å². The third kappa shape index (κ3) is 2.90. The lowest BCUT2D eigenvalue weighted by Crippen LogP contribution is -2.08. The van der Waals surface area contributed by atoms with Gasteiger partial charge in [-0.1, -0.05) is 23.7 Å². The molecule has 1 aromatic carbocycles. The van der Waals surface area contributed by atoms with E-state index in [4.69, 9.17) is 16.3 Å². The molecule has 0 saturated carbocycles. The summed E-state index contributed by atoms with van der Waals surface area (Å²) >= 11 is 5.88. The van der Waals surface area contributed by atoms with E-state index < -0.39 is 5.82 Å². The molecule has 1 heterocycles. The molecule has 3 nitrogen and oxygen atoms in total. The highest BCUT2D eigenvalue weighted by atomic mass is 35.5. The van der Waals surface area contributed by atoms with E-state index in [1.807, 2.05) is 0 Å². The van der Waals surface area contributed by atoms with Gasteiger partial charge >= 0.3 is 0 Å². The number of benzene rings is 1. The predicted molar refractivity (Wildman–Crippen MR) is 70.2 cm³/mol. The van der Waals surface area contributed by atoms with Gasteiger partial charge < -0.3 is 4.74 Å². The Morgan fingerprint density at radius 3 is 2.84 bits per heavy atom. The van der Waals surface area contributed by atoms with E-state index in [9.17, 15) is 9.18 Å². The molecule has 0 amide bonds. The fourth-order valence-electron chi connectivity index (χ4n) is 1.70. The van der Waals surface area contributed by atoms with Crippen molar-refractivity contribution in [3.05, 3.63) is 58.6 Å². The maximum absolute atomic E-state index is 13.9. The first-order valence-corrected chi connectivity index (χ1v) is 5.96. The molecule has 0 saturated heterocycles. The molecule has 0 aliphatic heterocycles. The van der Waals surface area contributed by atoms with Gasteiger partial charge in [-0.2, -0.15) is 0 Å². The number of ketones is 1. The summed E-state index contributed by atoms with van der Waals surface area (Å²) in [6.07, 6.45) is 1.36. The predicted octanol–water partition coefficient (Wildman–Crippen LogP) is 3.31. The first-order valence-electron chi connectivity index (χ1n) is 5.58. The fraction of sp³-hybridized carbons (Fsp3) is 0.143. The Labute approximate surface area is 115 Å². The second-order valence-corrected chi connectivity index (χ2v) is 4.27. The van der Waals surface area contributed by atoms with E-state index >= 15 is 0 Å². The lowest BCUT2D eigenvalue weighted by molar-refractivity contribution is 0.0987. The number of nitrogens with zero attached hydrogens (tertiary/aromatic N) is 1. The minimum atomic E-state index is -0.537. The van der Waals surface area contributed by atoms with Crippen molar-refractivity contribution in [2.24, 2.45) is 0 Å². The van der Waals surface area contributed by atoms with Gasteiger partial charge in [0.1, 0.15) is 5.69 Å². The van der Waals surface area contributed by atoms with Crippen LogP contribution in [0.2, 0.25) is 5.02 Å². The molecule has 2 rings (SSSR count). The summed E-state index contributed by atoms with van der Waals surface area (Å²) < 4.78 is 18.8. The molecule has 98 valence electrons. The monoisotopic (exact) mass is 279 g/mol. The van der Waals surface area contributed by atoms with Crippen molar-refractivity contribution in [2.45, 2.75) is 6.42 Å². The molecule has 19 heavy (non-hydrogen) atoms. The molecule has 0 aliphatic carbocycles. The van der Waals surface area contributed by atoms with Crippen LogP contribution in [0.1, 0.15) is 16.1 Å². The Kier molecular flexibility index (Phi) is 4.12. The first-order chi connectivity index (χ1) is 9.13. The Hall–Kier alpha value is -1.94. The molecule has 2 aromatic rings. The van der Waals surface area contributed by atoms with E-state index in [1.54, 1.807) is 18.2 Å². The van der Waals surface area contributed by atoms with Gasteiger partial charge in [-0.05, 0) is 23.8 Å². The molecule has 0 spiro atoms. The van der Waals surface area contributed by atoms with Crippen molar-refractivity contribution in [3.8, 4) is 5.75 Å². The number of ether oxygens (including phenoxy) is 1. The van der Waals surface area contributed by atoms with Crippen LogP contribution in [0.4, 0.5) is 4.39 Å². The third-order valence-electron chi connectivity index (χ3n) is 2.64. The number of rotatable bonds is 4. The Bertz CT molecular complexity index is 616. The number of carbonyl (C=O) groups excluding carboxylic acids is 1. The molecule has 1 aromatic heterocycles. The maximum Gasteiger partial charge on any atom is 0.187 e. The van der Waals surface area contributed by atoms with Gasteiger partial charge in [0.05, 0.1) is 12.1 Å². The molecule has 0 unspecified atom stereocenters. The summed E-state index contributed by atoms with van der Waals surface area (Å²) in [4.78, 5) is 15.9. The highest BCUT2D eigenvalue weighted by molar-refractivity contribution is 6.33. The van der Waals surface area contributed by atoms with Gasteiger partial charge in [-0.15, -0.1) is 0 Å². The molecule has 0 atom stereocenters. The average molecular weight is 280 g/mol. The first kappa shape index (κ1) is 13.5. The number of pyridine rings is 1. The molecule has 0 radical (unpaired) electrons. The van der Waals surface area contributed by atoms with Crippen molar-refractivity contribution in [1.29, 1.82) is 0 Å². The lowest BCUT2D eigenvalue weighted by atomic mass is 10.1. The normalized spacial score (nSPS) is 10.3. The standard InChI is InChI=1S/C14H11ClFNO2/c1-19-12-6-2-4-9(13(12)16)8-11(18)14-10(15)5-3-7-17-14/h2-7H,8H2,1H3. The van der Waals surface area contributed by atoms with E-state index in [1.165, 1.54) is 25.4 Å². The summed E-state index contributed by atoms with van der Waals surface area (Å²) in [5, 5.41) is 0.260. The number of halogens is 2. The molecule has 0 bridgehead atoms. The van der Waals surface area contributed by atoms with Crippen molar-refractivity contribution in [1.82, 2.24) is 4.98 Å². The molecule has 5 heteroatoms. The Morgan fingerprint density at radius 1 is 1.37 bits per heavy atom. The third-order valence-corrected chi connectivity index (χ3v) is 2.94. The van der Waals surface area contributed by atoms with Crippen LogP contribution in [0.15, 0.2) is 36.5 Å². The van der Waals surface area contributed by atoms with Gasteiger partial charge in [0, 0.05) is 12.6 Å². The van der Waals surface area contributed by atoms with Gasteiger partial charge in [-0.3, -0.25) is 9.78 Å². The summed E-state index contributed by atoms with van der Waals surface area (Å²) in [6.45, 7) is 0. The largest absolute Gasteiger partial charge is 0.494 e. The summed E-state index contributed by atoms with van der Waals surface area (Å²) in [5.41, 5.74) is 0.400. The van der Waals surface area contributed by atoms with Gasteiger partial charge in [0.15, 0.2) is 17.3 Å². The maximum atomic E-state index is 13.9. The second kappa shape index (κ2) is 5.80. The zero-order chi connectivity index (χ0) is 13.8. The van der Waals surface area contributed by atoms with E-state index in [0.29, 0.717) is 0 Å². The zero-order valence-electron chi connectivity index (χ0n) is 10.2.